The second kappa shape index (κ2) is 7.35. The molecule has 1 N–H and O–H groups in total. The van der Waals surface area contributed by atoms with Crippen molar-refractivity contribution >= 4 is 23.5 Å². The molecule has 0 bridgehead atoms. The Labute approximate surface area is 153 Å². The molecule has 142 valence electrons. The summed E-state index contributed by atoms with van der Waals surface area (Å²) < 4.78 is 10.4. The number of rotatable bonds is 5. The standard InChI is InChI=1S/C19H26N2O5/c1-11(2)14(20-18(24)26-19(3,4)5)15-16(22)17(23)21(15)12-7-9-13(25-6)10-8-12/h7-11,14-15H,1-6H3,(H,20,24). The van der Waals surface area contributed by atoms with Crippen molar-refractivity contribution in [1.29, 1.82) is 0 Å². The molecule has 26 heavy (non-hydrogen) atoms. The SMILES string of the molecule is COc1ccc(N2C(=O)C(=O)C2C(NC(=O)OC(C)(C)C)C(C)C)cc1. The molecule has 0 saturated carbocycles. The lowest BCUT2D eigenvalue weighted by molar-refractivity contribution is -0.144. The summed E-state index contributed by atoms with van der Waals surface area (Å²) in [6, 6.07) is 5.53. The fourth-order valence-electron chi connectivity index (χ4n) is 2.82. The highest BCUT2D eigenvalue weighted by Gasteiger charge is 2.52. The van der Waals surface area contributed by atoms with Gasteiger partial charge in [-0.1, -0.05) is 13.8 Å². The van der Waals surface area contributed by atoms with E-state index in [2.05, 4.69) is 5.32 Å². The van der Waals surface area contributed by atoms with E-state index in [1.165, 1.54) is 4.90 Å². The normalized spacial score (nSPS) is 18.4. The van der Waals surface area contributed by atoms with Crippen LogP contribution in [0.15, 0.2) is 24.3 Å². The molecule has 2 amide bonds. The largest absolute Gasteiger partial charge is 0.497 e. The number of hydrogen-bond acceptors (Lipinski definition) is 5. The Morgan fingerprint density at radius 2 is 1.73 bits per heavy atom. The molecule has 7 heteroatoms. The molecule has 0 aromatic heterocycles. The van der Waals surface area contributed by atoms with Gasteiger partial charge >= 0.3 is 6.09 Å². The molecule has 1 heterocycles. The summed E-state index contributed by atoms with van der Waals surface area (Å²) in [4.78, 5) is 38.0. The minimum atomic E-state index is -0.761. The Hall–Kier alpha value is -2.57. The number of methoxy groups -OCH3 is 1. The zero-order chi connectivity index (χ0) is 19.6. The number of nitrogens with one attached hydrogen (secondary N) is 1. The Balaban J connectivity index is 2.23. The number of ether oxygens (including phenoxy) is 2. The Morgan fingerprint density at radius 1 is 1.15 bits per heavy atom. The number of Topliss-reactive ketones (excluding diaryl/α,β-unsaturated/α-hetero) is 1. The molecular weight excluding hydrogens is 336 g/mol. The predicted octanol–water partition coefficient (Wildman–Crippen LogP) is 2.53. The first-order chi connectivity index (χ1) is 12.0. The molecule has 1 aromatic carbocycles. The highest BCUT2D eigenvalue weighted by Crippen LogP contribution is 2.31. The van der Waals surface area contributed by atoms with Gasteiger partial charge in [0.05, 0.1) is 13.2 Å². The summed E-state index contributed by atoms with van der Waals surface area (Å²) in [5.74, 6) is -0.533. The number of anilines is 1. The highest BCUT2D eigenvalue weighted by atomic mass is 16.6. The monoisotopic (exact) mass is 362 g/mol. The number of alkyl carbamates (subject to hydrolysis) is 1. The van der Waals surface area contributed by atoms with Gasteiger partial charge in [-0.15, -0.1) is 0 Å². The molecule has 1 aliphatic heterocycles. The molecule has 0 aliphatic carbocycles. The van der Waals surface area contributed by atoms with Crippen LogP contribution >= 0.6 is 0 Å². The van der Waals surface area contributed by atoms with Crippen LogP contribution < -0.4 is 15.0 Å². The Morgan fingerprint density at radius 3 is 2.19 bits per heavy atom. The van der Waals surface area contributed by atoms with Gasteiger partial charge < -0.3 is 14.8 Å². The van der Waals surface area contributed by atoms with Gasteiger partial charge in [-0.25, -0.2) is 4.79 Å². The molecule has 1 saturated heterocycles. The smallest absolute Gasteiger partial charge is 0.407 e. The zero-order valence-electron chi connectivity index (χ0n) is 16.0. The van der Waals surface area contributed by atoms with Crippen molar-refractivity contribution in [1.82, 2.24) is 5.32 Å². The number of ketones is 1. The number of nitrogens with zero attached hydrogens (tertiary/aromatic N) is 1. The van der Waals surface area contributed by atoms with Crippen LogP contribution in [0.5, 0.6) is 5.75 Å². The number of carbonyl (C=O) groups excluding carboxylic acids is 3. The van der Waals surface area contributed by atoms with Crippen LogP contribution in [0.2, 0.25) is 0 Å². The van der Waals surface area contributed by atoms with E-state index >= 15 is 0 Å². The number of benzene rings is 1. The van der Waals surface area contributed by atoms with Crippen LogP contribution in [0.3, 0.4) is 0 Å². The van der Waals surface area contributed by atoms with E-state index in [1.807, 2.05) is 13.8 Å². The number of β-lactam (4-membered cyclic amide) rings is 1. The minimum absolute atomic E-state index is 0.0784. The third kappa shape index (κ3) is 4.15. The molecule has 2 unspecified atom stereocenters. The van der Waals surface area contributed by atoms with E-state index in [-0.39, 0.29) is 5.92 Å². The van der Waals surface area contributed by atoms with E-state index in [4.69, 9.17) is 9.47 Å². The van der Waals surface area contributed by atoms with Crippen LogP contribution in [0.4, 0.5) is 10.5 Å². The second-order valence-electron chi connectivity index (χ2n) is 7.60. The average molecular weight is 362 g/mol. The lowest BCUT2D eigenvalue weighted by atomic mass is 9.85. The molecule has 1 fully saturated rings. The number of carbonyl (C=O) groups is 3. The summed E-state index contributed by atoms with van der Waals surface area (Å²) in [5, 5.41) is 2.75. The van der Waals surface area contributed by atoms with Gasteiger partial charge in [0.25, 0.3) is 5.91 Å². The van der Waals surface area contributed by atoms with Crippen molar-refractivity contribution in [3.63, 3.8) is 0 Å². The zero-order valence-corrected chi connectivity index (χ0v) is 16.0. The highest BCUT2D eigenvalue weighted by molar-refractivity contribution is 6.52. The average Bonchev–Trinajstić information content (AvgIpc) is 2.55. The van der Waals surface area contributed by atoms with Gasteiger partial charge in [0, 0.05) is 5.69 Å². The molecule has 1 aromatic rings. The molecule has 2 atom stereocenters. The van der Waals surface area contributed by atoms with Crippen molar-refractivity contribution in [2.75, 3.05) is 12.0 Å². The molecule has 0 radical (unpaired) electrons. The lowest BCUT2D eigenvalue weighted by Gasteiger charge is -2.44. The van der Waals surface area contributed by atoms with Gasteiger partial charge in [0.1, 0.15) is 17.4 Å². The fraction of sp³-hybridized carbons (Fsp3) is 0.526. The van der Waals surface area contributed by atoms with Gasteiger partial charge in [-0.3, -0.25) is 14.5 Å². The van der Waals surface area contributed by atoms with Gasteiger partial charge in [0.2, 0.25) is 5.78 Å². The minimum Gasteiger partial charge on any atom is -0.497 e. The van der Waals surface area contributed by atoms with Gasteiger partial charge in [-0.05, 0) is 51.0 Å². The maximum absolute atomic E-state index is 12.3. The third-order valence-corrected chi connectivity index (χ3v) is 4.07. The number of amides is 2. The Bertz CT molecular complexity index is 691. The summed E-state index contributed by atoms with van der Waals surface area (Å²) >= 11 is 0. The van der Waals surface area contributed by atoms with E-state index in [9.17, 15) is 14.4 Å². The van der Waals surface area contributed by atoms with Crippen LogP contribution in [0, 0.1) is 5.92 Å². The van der Waals surface area contributed by atoms with E-state index in [1.54, 1.807) is 52.1 Å². The van der Waals surface area contributed by atoms with Crippen molar-refractivity contribution in [2.24, 2.45) is 5.92 Å². The van der Waals surface area contributed by atoms with E-state index in [0.29, 0.717) is 11.4 Å². The quantitative estimate of drug-likeness (QED) is 0.643. The van der Waals surface area contributed by atoms with E-state index < -0.39 is 35.5 Å². The molecule has 7 nitrogen and oxygen atoms in total. The fourth-order valence-corrected chi connectivity index (χ4v) is 2.82. The van der Waals surface area contributed by atoms with Crippen LogP contribution in [-0.2, 0) is 14.3 Å². The van der Waals surface area contributed by atoms with Crippen molar-refractivity contribution in [3.8, 4) is 5.75 Å². The van der Waals surface area contributed by atoms with Crippen molar-refractivity contribution < 1.29 is 23.9 Å². The van der Waals surface area contributed by atoms with Crippen molar-refractivity contribution in [3.05, 3.63) is 24.3 Å². The Kier molecular flexibility index (Phi) is 5.59. The van der Waals surface area contributed by atoms with E-state index in [0.717, 1.165) is 0 Å². The van der Waals surface area contributed by atoms with Crippen LogP contribution in [-0.4, -0.2) is 42.6 Å². The summed E-state index contributed by atoms with van der Waals surface area (Å²) in [7, 11) is 1.55. The molecule has 0 spiro atoms. The van der Waals surface area contributed by atoms with Crippen molar-refractivity contribution in [2.45, 2.75) is 52.3 Å². The first-order valence-corrected chi connectivity index (χ1v) is 8.56. The number of hydrogen-bond donors (Lipinski definition) is 1. The molecular formula is C19H26N2O5. The van der Waals surface area contributed by atoms with Gasteiger partial charge in [-0.2, -0.15) is 0 Å². The third-order valence-electron chi connectivity index (χ3n) is 4.07. The van der Waals surface area contributed by atoms with Crippen LogP contribution in [0.25, 0.3) is 0 Å². The maximum atomic E-state index is 12.3. The van der Waals surface area contributed by atoms with Crippen LogP contribution in [0.1, 0.15) is 34.6 Å². The summed E-state index contributed by atoms with van der Waals surface area (Å²) in [6.07, 6.45) is -0.613. The topological polar surface area (TPSA) is 84.9 Å². The van der Waals surface area contributed by atoms with Gasteiger partial charge in [0.15, 0.2) is 0 Å². The molecule has 2 rings (SSSR count). The molecule has 1 aliphatic rings. The lowest BCUT2D eigenvalue weighted by Crippen LogP contribution is -2.71. The second-order valence-corrected chi connectivity index (χ2v) is 7.60. The first-order valence-electron chi connectivity index (χ1n) is 8.56. The first kappa shape index (κ1) is 19.8. The predicted molar refractivity (Wildman–Crippen MR) is 97.3 cm³/mol. The summed E-state index contributed by atoms with van der Waals surface area (Å²) in [6.45, 7) is 9.05. The summed E-state index contributed by atoms with van der Waals surface area (Å²) in [5.41, 5.74) is -0.0715. The maximum Gasteiger partial charge on any atom is 0.407 e.